The highest BCUT2D eigenvalue weighted by Gasteiger charge is 2.39. The minimum absolute atomic E-state index is 0.157. The largest absolute Gasteiger partial charge is 0.500 e. The van der Waals surface area contributed by atoms with Gasteiger partial charge in [-0.05, 0) is 47.5 Å². The zero-order valence-corrected chi connectivity index (χ0v) is 18.8. The van der Waals surface area contributed by atoms with E-state index in [9.17, 15) is 9.59 Å². The molecule has 0 fully saturated rings. The van der Waals surface area contributed by atoms with Gasteiger partial charge in [-0.2, -0.15) is 0 Å². The second-order valence-corrected chi connectivity index (χ2v) is 9.37. The number of hydrogen-bond acceptors (Lipinski definition) is 6. The average molecular weight is 407 g/mol. The normalized spacial score (nSPS) is 11.9. The molecule has 8 nitrogen and oxygen atoms in total. The van der Waals surface area contributed by atoms with Crippen LogP contribution >= 0.6 is 0 Å². The van der Waals surface area contributed by atoms with E-state index in [1.165, 1.54) is 0 Å². The van der Waals surface area contributed by atoms with Crippen molar-refractivity contribution in [1.29, 1.82) is 0 Å². The number of urea groups is 1. The van der Waals surface area contributed by atoms with Crippen LogP contribution in [0.2, 0.25) is 6.04 Å². The fraction of sp³-hybridized carbons (Fsp3) is 0.889. The molecule has 0 radical (unpaired) electrons. The maximum Gasteiger partial charge on any atom is 0.500 e. The summed E-state index contributed by atoms with van der Waals surface area (Å²) < 4.78 is 22.5. The molecular formula is C18H38N2O6Si. The maximum absolute atomic E-state index is 11.8. The van der Waals surface area contributed by atoms with Crippen LogP contribution in [0.3, 0.4) is 0 Å². The Labute approximate surface area is 165 Å². The Balaban J connectivity index is 4.06. The Morgan fingerprint density at radius 3 is 1.89 bits per heavy atom. The second kappa shape index (κ2) is 13.9. The minimum Gasteiger partial charge on any atom is -0.463 e. The number of amides is 2. The average Bonchev–Trinajstić information content (AvgIpc) is 2.63. The van der Waals surface area contributed by atoms with Crippen molar-refractivity contribution in [2.24, 2.45) is 5.41 Å². The fourth-order valence-electron chi connectivity index (χ4n) is 2.22. The third-order valence-electron chi connectivity index (χ3n) is 4.10. The molecule has 0 aliphatic carbocycles. The van der Waals surface area contributed by atoms with Gasteiger partial charge >= 0.3 is 20.8 Å². The zero-order chi connectivity index (χ0) is 20.8. The Bertz CT molecular complexity index is 417. The minimum atomic E-state index is -2.66. The molecular weight excluding hydrogens is 368 g/mol. The number of esters is 1. The molecule has 27 heavy (non-hydrogen) atoms. The first-order valence-electron chi connectivity index (χ1n) is 9.87. The molecule has 0 bridgehead atoms. The summed E-state index contributed by atoms with van der Waals surface area (Å²) >= 11 is 0. The molecule has 2 N–H and O–H groups in total. The van der Waals surface area contributed by atoms with Crippen LogP contribution in [-0.2, 0) is 22.8 Å². The van der Waals surface area contributed by atoms with Crippen LogP contribution in [0, 0.1) is 5.41 Å². The Hall–Kier alpha value is -1.16. The lowest BCUT2D eigenvalue weighted by Gasteiger charge is -2.28. The van der Waals surface area contributed by atoms with E-state index in [0.717, 1.165) is 0 Å². The van der Waals surface area contributed by atoms with Gasteiger partial charge in [0.1, 0.15) is 6.61 Å². The first kappa shape index (κ1) is 25.8. The van der Waals surface area contributed by atoms with E-state index in [4.69, 9.17) is 18.0 Å². The lowest BCUT2D eigenvalue weighted by molar-refractivity contribution is -0.153. The quantitative estimate of drug-likeness (QED) is 0.247. The van der Waals surface area contributed by atoms with Crippen molar-refractivity contribution in [2.75, 3.05) is 39.5 Å². The van der Waals surface area contributed by atoms with Gasteiger partial charge in [0.25, 0.3) is 0 Å². The number of carbonyl (C=O) groups excluding carboxylic acids is 2. The fourth-order valence-corrected chi connectivity index (χ4v) is 4.83. The Morgan fingerprint density at radius 2 is 1.41 bits per heavy atom. The van der Waals surface area contributed by atoms with Crippen molar-refractivity contribution < 1.29 is 27.6 Å². The van der Waals surface area contributed by atoms with Crippen molar-refractivity contribution in [1.82, 2.24) is 10.6 Å². The van der Waals surface area contributed by atoms with E-state index in [1.54, 1.807) is 0 Å². The topological polar surface area (TPSA) is 95.1 Å². The van der Waals surface area contributed by atoms with Crippen LogP contribution in [-0.4, -0.2) is 60.3 Å². The molecule has 9 heteroatoms. The molecule has 0 saturated carbocycles. The van der Waals surface area contributed by atoms with Crippen LogP contribution < -0.4 is 10.6 Å². The van der Waals surface area contributed by atoms with Gasteiger partial charge in [0.2, 0.25) is 0 Å². The molecule has 0 aromatic carbocycles. The highest BCUT2D eigenvalue weighted by atomic mass is 28.4. The van der Waals surface area contributed by atoms with E-state index in [2.05, 4.69) is 10.6 Å². The SMILES string of the molecule is CCO[Si](CCCNC(=O)NCCOC(=O)C(C)(C)CC)(OCC)OCC. The predicted octanol–water partition coefficient (Wildman–Crippen LogP) is 2.70. The first-order chi connectivity index (χ1) is 12.8. The second-order valence-electron chi connectivity index (χ2n) is 6.64. The number of ether oxygens (including phenoxy) is 1. The van der Waals surface area contributed by atoms with Crippen LogP contribution in [0.4, 0.5) is 4.79 Å². The van der Waals surface area contributed by atoms with E-state index >= 15 is 0 Å². The lowest BCUT2D eigenvalue weighted by atomic mass is 9.91. The molecule has 160 valence electrons. The van der Waals surface area contributed by atoms with Gasteiger partial charge in [-0.1, -0.05) is 6.92 Å². The summed E-state index contributed by atoms with van der Waals surface area (Å²) in [6.07, 6.45) is 1.40. The third-order valence-corrected chi connectivity index (χ3v) is 7.25. The molecule has 0 aromatic rings. The third kappa shape index (κ3) is 10.7. The highest BCUT2D eigenvalue weighted by Crippen LogP contribution is 2.21. The smallest absolute Gasteiger partial charge is 0.463 e. The van der Waals surface area contributed by atoms with Gasteiger partial charge in [0.05, 0.1) is 12.0 Å². The van der Waals surface area contributed by atoms with E-state index < -0.39 is 14.2 Å². The van der Waals surface area contributed by atoms with Crippen molar-refractivity contribution in [2.45, 2.75) is 60.4 Å². The molecule has 0 heterocycles. The van der Waals surface area contributed by atoms with Crippen LogP contribution in [0.5, 0.6) is 0 Å². The Kier molecular flexibility index (Phi) is 13.3. The lowest BCUT2D eigenvalue weighted by Crippen LogP contribution is -2.46. The number of carbonyl (C=O) groups is 2. The summed E-state index contributed by atoms with van der Waals surface area (Å²) in [6.45, 7) is 13.9. The maximum atomic E-state index is 11.8. The number of hydrogen-bond donors (Lipinski definition) is 2. The zero-order valence-electron chi connectivity index (χ0n) is 17.8. The first-order valence-corrected chi connectivity index (χ1v) is 11.8. The summed E-state index contributed by atoms with van der Waals surface area (Å²) in [5.41, 5.74) is -0.500. The van der Waals surface area contributed by atoms with Gasteiger partial charge < -0.3 is 28.6 Å². The monoisotopic (exact) mass is 406 g/mol. The van der Waals surface area contributed by atoms with Crippen LogP contribution in [0.1, 0.15) is 54.4 Å². The van der Waals surface area contributed by atoms with Gasteiger partial charge in [-0.15, -0.1) is 0 Å². The van der Waals surface area contributed by atoms with Gasteiger partial charge in [0.15, 0.2) is 0 Å². The van der Waals surface area contributed by atoms with E-state index in [0.29, 0.717) is 45.3 Å². The number of rotatable bonds is 15. The molecule has 2 amide bonds. The molecule has 0 saturated heterocycles. The molecule has 0 unspecified atom stereocenters. The van der Waals surface area contributed by atoms with Crippen molar-refractivity contribution in [3.05, 3.63) is 0 Å². The molecule has 0 spiro atoms. The standard InChI is InChI=1S/C18H38N2O6Si/c1-7-18(5,6)16(21)23-14-13-20-17(22)19-12-11-15-27(24-8-2,25-9-3)26-10-4/h7-15H2,1-6H3,(H2,19,20,22). The van der Waals surface area contributed by atoms with E-state index in [-0.39, 0.29) is 25.2 Å². The molecule has 0 aliphatic heterocycles. The van der Waals surface area contributed by atoms with E-state index in [1.807, 2.05) is 41.5 Å². The summed E-state index contributed by atoms with van der Waals surface area (Å²) in [5.74, 6) is -0.253. The summed E-state index contributed by atoms with van der Waals surface area (Å²) in [5, 5.41) is 5.45. The predicted molar refractivity (Wildman–Crippen MR) is 106 cm³/mol. The summed E-state index contributed by atoms with van der Waals surface area (Å²) in [7, 11) is -2.66. The highest BCUT2D eigenvalue weighted by molar-refractivity contribution is 6.60. The van der Waals surface area contributed by atoms with Gasteiger partial charge in [-0.25, -0.2) is 4.79 Å². The molecule has 0 aliphatic rings. The molecule has 0 atom stereocenters. The van der Waals surface area contributed by atoms with Crippen LogP contribution in [0.15, 0.2) is 0 Å². The van der Waals surface area contributed by atoms with Crippen molar-refractivity contribution in [3.8, 4) is 0 Å². The van der Waals surface area contributed by atoms with Gasteiger partial charge in [-0.3, -0.25) is 4.79 Å². The van der Waals surface area contributed by atoms with Crippen molar-refractivity contribution in [3.63, 3.8) is 0 Å². The molecule has 0 aromatic heterocycles. The summed E-state index contributed by atoms with van der Waals surface area (Å²) in [4.78, 5) is 23.6. The molecule has 0 rings (SSSR count). The summed E-state index contributed by atoms with van der Waals surface area (Å²) in [6, 6.07) is 0.351. The van der Waals surface area contributed by atoms with Crippen LogP contribution in [0.25, 0.3) is 0 Å². The Morgan fingerprint density at radius 1 is 0.889 bits per heavy atom. The van der Waals surface area contributed by atoms with Gasteiger partial charge in [0, 0.05) is 32.4 Å². The number of nitrogens with one attached hydrogen (secondary N) is 2. The van der Waals surface area contributed by atoms with Crippen molar-refractivity contribution >= 4 is 20.8 Å².